The highest BCUT2D eigenvalue weighted by atomic mass is 32.2. The van der Waals surface area contributed by atoms with Crippen molar-refractivity contribution >= 4 is 33.3 Å². The van der Waals surface area contributed by atoms with E-state index in [1.165, 1.54) is 31.4 Å². The van der Waals surface area contributed by atoms with Crippen molar-refractivity contribution < 1.29 is 22.7 Å². The molecule has 1 aliphatic heterocycles. The topological polar surface area (TPSA) is 117 Å². The van der Waals surface area contributed by atoms with Gasteiger partial charge in [-0.3, -0.25) is 4.79 Å². The van der Waals surface area contributed by atoms with Crippen LogP contribution >= 0.6 is 0 Å². The number of ether oxygens (including phenoxy) is 1. The SMILES string of the molecule is COCCNS(=O)(=O)c1ccc(C(=O)Nc2ccc(NC(=O)N3CCCCCC3)cc2)cc1. The number of nitrogens with zero attached hydrogens (tertiary/aromatic N) is 1. The van der Waals surface area contributed by atoms with Crippen LogP contribution in [0.5, 0.6) is 0 Å². The summed E-state index contributed by atoms with van der Waals surface area (Å²) in [6.45, 7) is 1.96. The van der Waals surface area contributed by atoms with Crippen LogP contribution in [0.25, 0.3) is 0 Å². The predicted molar refractivity (Wildman–Crippen MR) is 127 cm³/mol. The lowest BCUT2D eigenvalue weighted by molar-refractivity contribution is 0.102. The fourth-order valence-electron chi connectivity index (χ4n) is 3.46. The molecule has 0 atom stereocenters. The molecule has 0 aliphatic carbocycles. The molecule has 3 amide bonds. The lowest BCUT2D eigenvalue weighted by atomic mass is 10.2. The van der Waals surface area contributed by atoms with Crippen LogP contribution in [0.2, 0.25) is 0 Å². The number of hydrogen-bond donors (Lipinski definition) is 3. The van der Waals surface area contributed by atoms with Crippen molar-refractivity contribution in [2.24, 2.45) is 0 Å². The Balaban J connectivity index is 1.55. The maximum atomic E-state index is 12.5. The Morgan fingerprint density at radius 1 is 0.879 bits per heavy atom. The summed E-state index contributed by atoms with van der Waals surface area (Å²) in [5.41, 5.74) is 1.54. The largest absolute Gasteiger partial charge is 0.383 e. The minimum Gasteiger partial charge on any atom is -0.383 e. The molecular formula is C23H30N4O5S. The van der Waals surface area contributed by atoms with Gasteiger partial charge >= 0.3 is 6.03 Å². The van der Waals surface area contributed by atoms with Gasteiger partial charge in [-0.1, -0.05) is 12.8 Å². The number of amides is 3. The van der Waals surface area contributed by atoms with Gasteiger partial charge in [-0.2, -0.15) is 0 Å². The van der Waals surface area contributed by atoms with E-state index in [1.807, 2.05) is 4.90 Å². The van der Waals surface area contributed by atoms with Crippen LogP contribution in [0.3, 0.4) is 0 Å². The van der Waals surface area contributed by atoms with E-state index in [9.17, 15) is 18.0 Å². The lowest BCUT2D eigenvalue weighted by Crippen LogP contribution is -2.35. The summed E-state index contributed by atoms with van der Waals surface area (Å²) in [6, 6.07) is 12.4. The van der Waals surface area contributed by atoms with Gasteiger partial charge in [0.1, 0.15) is 0 Å². The first-order valence-corrected chi connectivity index (χ1v) is 12.4. The molecule has 1 fully saturated rings. The van der Waals surface area contributed by atoms with Gasteiger partial charge in [0.25, 0.3) is 5.91 Å². The first-order valence-electron chi connectivity index (χ1n) is 10.9. The third-order valence-electron chi connectivity index (χ3n) is 5.31. The number of sulfonamides is 1. The molecule has 1 saturated heterocycles. The van der Waals surface area contributed by atoms with Crippen molar-refractivity contribution in [1.29, 1.82) is 0 Å². The number of anilines is 2. The summed E-state index contributed by atoms with van der Waals surface area (Å²) in [6.07, 6.45) is 4.36. The molecule has 1 heterocycles. The van der Waals surface area contributed by atoms with E-state index in [2.05, 4.69) is 15.4 Å². The predicted octanol–water partition coefficient (Wildman–Crippen LogP) is 3.27. The lowest BCUT2D eigenvalue weighted by Gasteiger charge is -2.20. The molecule has 2 aromatic rings. The van der Waals surface area contributed by atoms with Crippen LogP contribution in [0, 0.1) is 0 Å². The summed E-state index contributed by atoms with van der Waals surface area (Å²) in [4.78, 5) is 26.9. The maximum Gasteiger partial charge on any atom is 0.321 e. The number of nitrogens with one attached hydrogen (secondary N) is 3. The summed E-state index contributed by atoms with van der Waals surface area (Å²) < 4.78 is 31.7. The summed E-state index contributed by atoms with van der Waals surface area (Å²) in [5, 5.41) is 5.66. The van der Waals surface area contributed by atoms with Crippen molar-refractivity contribution in [2.45, 2.75) is 30.6 Å². The first kappa shape index (κ1) is 24.7. The molecule has 0 unspecified atom stereocenters. The van der Waals surface area contributed by atoms with Crippen molar-refractivity contribution in [3.63, 3.8) is 0 Å². The number of likely N-dealkylation sites (tertiary alicyclic amines) is 1. The van der Waals surface area contributed by atoms with Crippen LogP contribution in [-0.2, 0) is 14.8 Å². The highest BCUT2D eigenvalue weighted by Crippen LogP contribution is 2.17. The van der Waals surface area contributed by atoms with Gasteiger partial charge in [-0.05, 0) is 61.4 Å². The molecule has 33 heavy (non-hydrogen) atoms. The fraction of sp³-hybridized carbons (Fsp3) is 0.391. The molecule has 0 spiro atoms. The average molecular weight is 475 g/mol. The fourth-order valence-corrected chi connectivity index (χ4v) is 4.48. The number of rotatable bonds is 8. The van der Waals surface area contributed by atoms with Crippen molar-refractivity contribution in [2.75, 3.05) is 44.0 Å². The molecule has 9 nitrogen and oxygen atoms in total. The summed E-state index contributed by atoms with van der Waals surface area (Å²) in [5.74, 6) is -0.368. The molecule has 2 aromatic carbocycles. The Kier molecular flexibility index (Phi) is 8.81. The maximum absolute atomic E-state index is 12.5. The van der Waals surface area contributed by atoms with Crippen LogP contribution in [0.1, 0.15) is 36.0 Å². The molecule has 0 bridgehead atoms. The molecule has 0 aromatic heterocycles. The van der Waals surface area contributed by atoms with E-state index >= 15 is 0 Å². The molecule has 178 valence electrons. The summed E-state index contributed by atoms with van der Waals surface area (Å²) >= 11 is 0. The zero-order valence-electron chi connectivity index (χ0n) is 18.7. The third kappa shape index (κ3) is 7.28. The molecule has 3 rings (SSSR count). The molecule has 3 N–H and O–H groups in total. The van der Waals surface area contributed by atoms with Crippen molar-refractivity contribution in [3.8, 4) is 0 Å². The quantitative estimate of drug-likeness (QED) is 0.508. The van der Waals surface area contributed by atoms with E-state index in [-0.39, 0.29) is 30.0 Å². The van der Waals surface area contributed by atoms with E-state index in [1.54, 1.807) is 24.3 Å². The third-order valence-corrected chi connectivity index (χ3v) is 6.79. The average Bonchev–Trinajstić information content (AvgIpc) is 3.10. The van der Waals surface area contributed by atoms with E-state index in [0.717, 1.165) is 38.8 Å². The number of benzene rings is 2. The minimum atomic E-state index is -3.66. The second-order valence-corrected chi connectivity index (χ2v) is 9.54. The van der Waals surface area contributed by atoms with Crippen molar-refractivity contribution in [3.05, 3.63) is 54.1 Å². The molecule has 0 radical (unpaired) electrons. The van der Waals surface area contributed by atoms with Gasteiger partial charge < -0.3 is 20.3 Å². The molecule has 1 aliphatic rings. The van der Waals surface area contributed by atoms with Crippen LogP contribution in [0.15, 0.2) is 53.4 Å². The van der Waals surface area contributed by atoms with Crippen LogP contribution < -0.4 is 15.4 Å². The zero-order chi connectivity index (χ0) is 23.7. The number of carbonyl (C=O) groups is 2. The Hall–Kier alpha value is -2.95. The number of hydrogen-bond acceptors (Lipinski definition) is 5. The van der Waals surface area contributed by atoms with Crippen molar-refractivity contribution in [1.82, 2.24) is 9.62 Å². The highest BCUT2D eigenvalue weighted by Gasteiger charge is 2.16. The Morgan fingerprint density at radius 2 is 1.45 bits per heavy atom. The second-order valence-electron chi connectivity index (χ2n) is 7.78. The van der Waals surface area contributed by atoms with E-state index < -0.39 is 10.0 Å². The Bertz CT molecular complexity index is 1030. The zero-order valence-corrected chi connectivity index (χ0v) is 19.5. The molecule has 0 saturated carbocycles. The van der Waals surface area contributed by atoms with Gasteiger partial charge in [0.15, 0.2) is 0 Å². The minimum absolute atomic E-state index is 0.0691. The highest BCUT2D eigenvalue weighted by molar-refractivity contribution is 7.89. The standard InChI is InChI=1S/C23H30N4O5S/c1-32-17-14-24-33(30,31)21-12-6-18(7-13-21)22(28)25-19-8-10-20(11-9-19)26-23(29)27-15-4-2-3-5-16-27/h6-13,24H,2-5,14-17H2,1H3,(H,25,28)(H,26,29). The number of urea groups is 1. The number of methoxy groups -OCH3 is 1. The molecule has 10 heteroatoms. The Labute approximate surface area is 194 Å². The van der Waals surface area contributed by atoms with Crippen LogP contribution in [-0.4, -0.2) is 58.6 Å². The normalized spacial score (nSPS) is 14.4. The smallest absolute Gasteiger partial charge is 0.321 e. The molecular weight excluding hydrogens is 444 g/mol. The number of carbonyl (C=O) groups excluding carboxylic acids is 2. The second kappa shape index (κ2) is 11.8. The van der Waals surface area contributed by atoms with Gasteiger partial charge in [0, 0.05) is 43.7 Å². The van der Waals surface area contributed by atoms with E-state index in [0.29, 0.717) is 16.9 Å². The monoisotopic (exact) mass is 474 g/mol. The Morgan fingerprint density at radius 3 is 2.03 bits per heavy atom. The van der Waals surface area contributed by atoms with Gasteiger partial charge in [0.05, 0.1) is 11.5 Å². The van der Waals surface area contributed by atoms with Gasteiger partial charge in [-0.25, -0.2) is 17.9 Å². The van der Waals surface area contributed by atoms with E-state index in [4.69, 9.17) is 4.74 Å². The summed E-state index contributed by atoms with van der Waals surface area (Å²) in [7, 11) is -2.17. The first-order chi connectivity index (χ1) is 15.9. The van der Waals surface area contributed by atoms with Gasteiger partial charge in [-0.15, -0.1) is 0 Å². The van der Waals surface area contributed by atoms with Crippen LogP contribution in [0.4, 0.5) is 16.2 Å². The van der Waals surface area contributed by atoms with Gasteiger partial charge in [0.2, 0.25) is 10.0 Å².